The molecule has 4 nitrogen and oxygen atoms in total. The minimum Gasteiger partial charge on any atom is -0.386 e. The molecule has 0 spiro atoms. The van der Waals surface area contributed by atoms with Crippen LogP contribution in [0.25, 0.3) is 0 Å². The number of hydrogen-bond donors (Lipinski definition) is 1. The second-order valence-electron chi connectivity index (χ2n) is 2.40. The molecule has 70 valence electrons. The van der Waals surface area contributed by atoms with Gasteiger partial charge in [0.2, 0.25) is 0 Å². The molecule has 0 saturated heterocycles. The molecule has 0 aliphatic carbocycles. The highest BCUT2D eigenvalue weighted by Crippen LogP contribution is 1.76. The van der Waals surface area contributed by atoms with E-state index < -0.39 is 6.10 Å². The Morgan fingerprint density at radius 1 is 1.00 bits per heavy atom. The number of carbonyl (C=O) groups excluding carboxylic acids is 3. The van der Waals surface area contributed by atoms with E-state index in [1.807, 2.05) is 0 Å². The van der Waals surface area contributed by atoms with E-state index in [0.717, 1.165) is 0 Å². The van der Waals surface area contributed by atoms with Crippen molar-refractivity contribution in [1.82, 2.24) is 0 Å². The van der Waals surface area contributed by atoms with Gasteiger partial charge in [-0.3, -0.25) is 14.4 Å². The lowest BCUT2D eigenvalue weighted by Crippen LogP contribution is -2.10. The van der Waals surface area contributed by atoms with E-state index in [1.165, 1.54) is 27.7 Å². The average Bonchev–Trinajstić information content (AvgIpc) is 1.88. The molecular formula is C8H14O4. The summed E-state index contributed by atoms with van der Waals surface area (Å²) in [4.78, 5) is 29.5. The van der Waals surface area contributed by atoms with Gasteiger partial charge in [0, 0.05) is 13.8 Å². The predicted octanol–water partition coefficient (Wildman–Crippen LogP) is 0.121. The summed E-state index contributed by atoms with van der Waals surface area (Å²) in [5, 5.41) is 8.28. The summed E-state index contributed by atoms with van der Waals surface area (Å²) in [6.07, 6.45) is -0.787. The molecule has 0 aliphatic rings. The van der Waals surface area contributed by atoms with Gasteiger partial charge in [0.25, 0.3) is 0 Å². The predicted molar refractivity (Wildman–Crippen MR) is 43.7 cm³/mol. The van der Waals surface area contributed by atoms with Crippen molar-refractivity contribution in [3.8, 4) is 0 Å². The van der Waals surface area contributed by atoms with E-state index in [9.17, 15) is 14.4 Å². The maximum Gasteiger partial charge on any atom is 0.195 e. The van der Waals surface area contributed by atoms with Crippen LogP contribution in [0.2, 0.25) is 0 Å². The summed E-state index contributed by atoms with van der Waals surface area (Å²) in [6.45, 7) is 5.30. The van der Waals surface area contributed by atoms with Crippen LogP contribution < -0.4 is 0 Å². The Morgan fingerprint density at radius 3 is 1.17 bits per heavy atom. The largest absolute Gasteiger partial charge is 0.386 e. The first-order chi connectivity index (χ1) is 5.29. The fourth-order valence-corrected chi connectivity index (χ4v) is 0. The minimum absolute atomic E-state index is 0.185. The van der Waals surface area contributed by atoms with Crippen molar-refractivity contribution in [3.63, 3.8) is 0 Å². The molecule has 12 heavy (non-hydrogen) atoms. The lowest BCUT2D eigenvalue weighted by Gasteiger charge is -1.90. The van der Waals surface area contributed by atoms with Crippen molar-refractivity contribution in [2.24, 2.45) is 0 Å². The lowest BCUT2D eigenvalue weighted by molar-refractivity contribution is -0.134. The Balaban J connectivity index is 0. The highest BCUT2D eigenvalue weighted by Gasteiger charge is 1.97. The van der Waals surface area contributed by atoms with Crippen LogP contribution in [0.1, 0.15) is 27.7 Å². The van der Waals surface area contributed by atoms with Crippen molar-refractivity contribution in [2.45, 2.75) is 33.8 Å². The highest BCUT2D eigenvalue weighted by atomic mass is 16.3. The zero-order valence-corrected chi connectivity index (χ0v) is 7.75. The topological polar surface area (TPSA) is 71.4 Å². The molecule has 0 aromatic carbocycles. The highest BCUT2D eigenvalue weighted by molar-refractivity contribution is 6.35. The summed E-state index contributed by atoms with van der Waals surface area (Å²) in [5.41, 5.74) is 0. The maximum atomic E-state index is 9.89. The number of Topliss-reactive ketones (excluding diaryl/α,β-unsaturated/α-hetero) is 3. The fraction of sp³-hybridized carbons (Fsp3) is 0.625. The van der Waals surface area contributed by atoms with Crippen molar-refractivity contribution in [3.05, 3.63) is 0 Å². The lowest BCUT2D eigenvalue weighted by atomic mass is 10.3. The number of ketones is 3. The van der Waals surface area contributed by atoms with Gasteiger partial charge in [-0.05, 0) is 13.8 Å². The molecule has 0 radical (unpaired) electrons. The first-order valence-corrected chi connectivity index (χ1v) is 3.49. The summed E-state index contributed by atoms with van der Waals surface area (Å²) >= 11 is 0. The zero-order chi connectivity index (χ0) is 10.3. The summed E-state index contributed by atoms with van der Waals surface area (Å²) < 4.78 is 0. The van der Waals surface area contributed by atoms with E-state index in [4.69, 9.17) is 5.11 Å². The van der Waals surface area contributed by atoms with Gasteiger partial charge in [0.1, 0.15) is 6.10 Å². The summed E-state index contributed by atoms with van der Waals surface area (Å²) in [7, 11) is 0. The van der Waals surface area contributed by atoms with Crippen LogP contribution in [0.3, 0.4) is 0 Å². The van der Waals surface area contributed by atoms with Crippen LogP contribution >= 0.6 is 0 Å². The van der Waals surface area contributed by atoms with Gasteiger partial charge < -0.3 is 5.11 Å². The van der Waals surface area contributed by atoms with Crippen LogP contribution in [0.4, 0.5) is 0 Å². The number of rotatable bonds is 2. The van der Waals surface area contributed by atoms with E-state index in [2.05, 4.69) is 0 Å². The van der Waals surface area contributed by atoms with Gasteiger partial charge >= 0.3 is 0 Å². The first kappa shape index (κ1) is 13.6. The van der Waals surface area contributed by atoms with E-state index in [-0.39, 0.29) is 17.3 Å². The Bertz CT molecular complexity index is 169. The molecule has 1 N–H and O–H groups in total. The maximum absolute atomic E-state index is 9.89. The number of aliphatic hydroxyl groups is 1. The number of carbonyl (C=O) groups is 3. The van der Waals surface area contributed by atoms with Gasteiger partial charge in [0.15, 0.2) is 17.3 Å². The molecule has 0 rings (SSSR count). The molecule has 0 aromatic heterocycles. The Labute approximate surface area is 71.6 Å². The standard InChI is InChI=1S/C4H8O2.C4H6O2/c2*1-3(5)4(2)6/h3,5H,1-2H3;1-2H3. The van der Waals surface area contributed by atoms with Crippen LogP contribution in [0.15, 0.2) is 0 Å². The number of hydrogen-bond acceptors (Lipinski definition) is 4. The molecule has 0 amide bonds. The quantitative estimate of drug-likeness (QED) is 0.603. The Kier molecular flexibility index (Phi) is 7.53. The van der Waals surface area contributed by atoms with Gasteiger partial charge in [0.05, 0.1) is 0 Å². The third kappa shape index (κ3) is 11.7. The fourth-order valence-electron chi connectivity index (χ4n) is 0. The second-order valence-corrected chi connectivity index (χ2v) is 2.40. The average molecular weight is 174 g/mol. The summed E-state index contributed by atoms with van der Waals surface area (Å²) in [6, 6.07) is 0. The Hall–Kier alpha value is -1.03. The molecule has 1 unspecified atom stereocenters. The van der Waals surface area contributed by atoms with Crippen LogP contribution in [0.5, 0.6) is 0 Å². The SMILES string of the molecule is CC(=O)C(C)=O.CC(=O)C(C)O. The van der Waals surface area contributed by atoms with Crippen LogP contribution in [-0.4, -0.2) is 28.6 Å². The molecule has 0 fully saturated rings. The first-order valence-electron chi connectivity index (χ1n) is 3.49. The summed E-state index contributed by atoms with van der Waals surface area (Å²) in [5.74, 6) is -0.944. The third-order valence-electron chi connectivity index (χ3n) is 1.08. The third-order valence-corrected chi connectivity index (χ3v) is 1.08. The van der Waals surface area contributed by atoms with Gasteiger partial charge in [-0.2, -0.15) is 0 Å². The zero-order valence-electron chi connectivity index (χ0n) is 7.75. The monoisotopic (exact) mass is 174 g/mol. The smallest absolute Gasteiger partial charge is 0.195 e. The molecule has 0 bridgehead atoms. The van der Waals surface area contributed by atoms with Gasteiger partial charge in [-0.25, -0.2) is 0 Å². The van der Waals surface area contributed by atoms with Crippen molar-refractivity contribution < 1.29 is 19.5 Å². The Morgan fingerprint density at radius 2 is 1.17 bits per heavy atom. The molecule has 0 heterocycles. The molecule has 0 aliphatic heterocycles. The van der Waals surface area contributed by atoms with Crippen molar-refractivity contribution >= 4 is 17.3 Å². The van der Waals surface area contributed by atoms with Crippen LogP contribution in [0, 0.1) is 0 Å². The van der Waals surface area contributed by atoms with E-state index in [1.54, 1.807) is 0 Å². The van der Waals surface area contributed by atoms with E-state index >= 15 is 0 Å². The molecule has 0 saturated carbocycles. The number of aliphatic hydroxyl groups excluding tert-OH is 1. The van der Waals surface area contributed by atoms with Gasteiger partial charge in [-0.1, -0.05) is 0 Å². The molecular weight excluding hydrogens is 160 g/mol. The van der Waals surface area contributed by atoms with Crippen LogP contribution in [-0.2, 0) is 14.4 Å². The van der Waals surface area contributed by atoms with Crippen molar-refractivity contribution in [2.75, 3.05) is 0 Å². The van der Waals surface area contributed by atoms with Crippen molar-refractivity contribution in [1.29, 1.82) is 0 Å². The molecule has 1 atom stereocenters. The van der Waals surface area contributed by atoms with E-state index in [0.29, 0.717) is 0 Å². The molecule has 0 aromatic rings. The minimum atomic E-state index is -0.787. The second kappa shape index (κ2) is 6.67. The molecule has 4 heteroatoms. The van der Waals surface area contributed by atoms with Gasteiger partial charge in [-0.15, -0.1) is 0 Å². The normalized spacial score (nSPS) is 10.8.